The maximum Gasteiger partial charge on any atom is 0.240 e. The van der Waals surface area contributed by atoms with Crippen LogP contribution in [-0.4, -0.2) is 29.2 Å². The summed E-state index contributed by atoms with van der Waals surface area (Å²) in [5.74, 6) is -0.148. The largest absolute Gasteiger partial charge is 0.508 e. The standard InChI is InChI=1S/C22H25N3O3/c1-2-19(16-9-11-18(26)12-10-16)23-24-21(27)13-14-22(28)25-15-5-7-17-6-3-4-8-20(17)25/h3-4,6,8-12,26H,2,5,7,13-15H2,1H3,(H,24,27)/b23-19+. The van der Waals surface area contributed by atoms with E-state index in [4.69, 9.17) is 0 Å². The molecule has 0 radical (unpaired) electrons. The van der Waals surface area contributed by atoms with Crippen molar-refractivity contribution in [1.29, 1.82) is 0 Å². The van der Waals surface area contributed by atoms with Crippen molar-refractivity contribution in [3.8, 4) is 5.75 Å². The monoisotopic (exact) mass is 379 g/mol. The molecule has 2 N–H and O–H groups in total. The van der Waals surface area contributed by atoms with Gasteiger partial charge in [-0.3, -0.25) is 9.59 Å². The van der Waals surface area contributed by atoms with E-state index in [1.807, 2.05) is 31.2 Å². The first-order valence-corrected chi connectivity index (χ1v) is 9.61. The maximum atomic E-state index is 12.6. The number of nitrogens with one attached hydrogen (secondary N) is 1. The summed E-state index contributed by atoms with van der Waals surface area (Å²) in [4.78, 5) is 26.5. The topological polar surface area (TPSA) is 82.0 Å². The van der Waals surface area contributed by atoms with Gasteiger partial charge in [-0.05, 0) is 60.7 Å². The molecule has 0 fully saturated rings. The first-order valence-electron chi connectivity index (χ1n) is 9.61. The molecule has 0 aliphatic carbocycles. The van der Waals surface area contributed by atoms with Gasteiger partial charge in [0.15, 0.2) is 0 Å². The molecule has 0 aromatic heterocycles. The van der Waals surface area contributed by atoms with E-state index < -0.39 is 0 Å². The highest BCUT2D eigenvalue weighted by molar-refractivity contribution is 6.01. The van der Waals surface area contributed by atoms with Crippen molar-refractivity contribution in [2.75, 3.05) is 11.4 Å². The number of amides is 2. The number of fused-ring (bicyclic) bond motifs is 1. The van der Waals surface area contributed by atoms with E-state index in [0.717, 1.165) is 24.1 Å². The molecule has 6 nitrogen and oxygen atoms in total. The van der Waals surface area contributed by atoms with E-state index in [2.05, 4.69) is 10.5 Å². The number of aryl methyl sites for hydroxylation is 1. The third-order valence-electron chi connectivity index (χ3n) is 4.83. The van der Waals surface area contributed by atoms with Gasteiger partial charge >= 0.3 is 0 Å². The third-order valence-corrected chi connectivity index (χ3v) is 4.83. The van der Waals surface area contributed by atoms with Gasteiger partial charge < -0.3 is 10.0 Å². The number of hydrogen-bond acceptors (Lipinski definition) is 4. The fraction of sp³-hybridized carbons (Fsp3) is 0.318. The predicted molar refractivity (Wildman–Crippen MR) is 109 cm³/mol. The van der Waals surface area contributed by atoms with Gasteiger partial charge in [-0.2, -0.15) is 5.10 Å². The second-order valence-electron chi connectivity index (χ2n) is 6.77. The Morgan fingerprint density at radius 2 is 1.86 bits per heavy atom. The van der Waals surface area contributed by atoms with Crippen LogP contribution in [0.2, 0.25) is 0 Å². The molecular weight excluding hydrogens is 354 g/mol. The quantitative estimate of drug-likeness (QED) is 0.596. The van der Waals surface area contributed by atoms with Crippen molar-refractivity contribution < 1.29 is 14.7 Å². The predicted octanol–water partition coefficient (Wildman–Crippen LogP) is 3.38. The van der Waals surface area contributed by atoms with Crippen molar-refractivity contribution in [2.24, 2.45) is 5.10 Å². The van der Waals surface area contributed by atoms with E-state index in [-0.39, 0.29) is 30.4 Å². The number of hydrazone groups is 1. The van der Waals surface area contributed by atoms with Crippen LogP contribution in [0.1, 0.15) is 43.7 Å². The Balaban J connectivity index is 1.55. The third kappa shape index (κ3) is 4.76. The van der Waals surface area contributed by atoms with E-state index in [9.17, 15) is 14.7 Å². The highest BCUT2D eigenvalue weighted by atomic mass is 16.3. The fourth-order valence-electron chi connectivity index (χ4n) is 3.34. The summed E-state index contributed by atoms with van der Waals surface area (Å²) in [7, 11) is 0. The Bertz CT molecular complexity index is 875. The highest BCUT2D eigenvalue weighted by Crippen LogP contribution is 2.27. The van der Waals surface area contributed by atoms with Crippen molar-refractivity contribution in [1.82, 2.24) is 5.43 Å². The van der Waals surface area contributed by atoms with Gasteiger partial charge in [-0.1, -0.05) is 25.1 Å². The molecule has 0 atom stereocenters. The lowest BCUT2D eigenvalue weighted by molar-refractivity contribution is -0.125. The second kappa shape index (κ2) is 9.17. The summed E-state index contributed by atoms with van der Waals surface area (Å²) < 4.78 is 0. The molecule has 146 valence electrons. The average Bonchev–Trinajstić information content (AvgIpc) is 2.73. The zero-order valence-corrected chi connectivity index (χ0v) is 16.0. The van der Waals surface area contributed by atoms with Crippen LogP contribution < -0.4 is 10.3 Å². The van der Waals surface area contributed by atoms with Gasteiger partial charge in [-0.15, -0.1) is 0 Å². The number of anilines is 1. The van der Waals surface area contributed by atoms with Gasteiger partial charge in [0, 0.05) is 25.1 Å². The van der Waals surface area contributed by atoms with Gasteiger partial charge in [0.2, 0.25) is 11.8 Å². The number of nitrogens with zero attached hydrogens (tertiary/aromatic N) is 2. The molecule has 2 aromatic rings. The zero-order chi connectivity index (χ0) is 19.9. The normalized spacial score (nSPS) is 13.8. The number of carbonyl (C=O) groups excluding carboxylic acids is 2. The molecule has 0 saturated carbocycles. The highest BCUT2D eigenvalue weighted by Gasteiger charge is 2.22. The summed E-state index contributed by atoms with van der Waals surface area (Å²) >= 11 is 0. The molecule has 3 rings (SSSR count). The van der Waals surface area contributed by atoms with Crippen LogP contribution in [-0.2, 0) is 16.0 Å². The van der Waals surface area contributed by atoms with Crippen LogP contribution in [0, 0.1) is 0 Å². The number of rotatable bonds is 6. The minimum Gasteiger partial charge on any atom is -0.508 e. The van der Waals surface area contributed by atoms with E-state index in [1.165, 1.54) is 5.56 Å². The fourth-order valence-corrected chi connectivity index (χ4v) is 3.34. The number of aromatic hydroxyl groups is 1. The zero-order valence-electron chi connectivity index (χ0n) is 16.0. The summed E-state index contributed by atoms with van der Waals surface area (Å²) in [6, 6.07) is 14.6. The molecule has 2 aromatic carbocycles. The van der Waals surface area contributed by atoms with Crippen LogP contribution >= 0.6 is 0 Å². The number of para-hydroxylation sites is 1. The van der Waals surface area contributed by atoms with E-state index in [0.29, 0.717) is 18.7 Å². The SMILES string of the molecule is CC/C(=N\NC(=O)CCC(=O)N1CCCc2ccccc21)c1ccc(O)cc1. The lowest BCUT2D eigenvalue weighted by atomic mass is 10.0. The molecule has 0 spiro atoms. The molecule has 6 heteroatoms. The molecule has 0 saturated heterocycles. The minimum absolute atomic E-state index is 0.0412. The summed E-state index contributed by atoms with van der Waals surface area (Å²) in [5, 5.41) is 13.6. The molecule has 1 aliphatic heterocycles. The Hall–Kier alpha value is -3.15. The van der Waals surface area contributed by atoms with Crippen LogP contribution in [0.3, 0.4) is 0 Å². The van der Waals surface area contributed by atoms with Crippen molar-refractivity contribution >= 4 is 23.2 Å². The lowest BCUT2D eigenvalue weighted by Gasteiger charge is -2.29. The Morgan fingerprint density at radius 1 is 1.11 bits per heavy atom. The first kappa shape index (κ1) is 19.6. The number of carbonyl (C=O) groups is 2. The Labute approximate surface area is 164 Å². The van der Waals surface area contributed by atoms with Crippen LogP contribution in [0.5, 0.6) is 5.75 Å². The van der Waals surface area contributed by atoms with Crippen LogP contribution in [0.4, 0.5) is 5.69 Å². The summed E-state index contributed by atoms with van der Waals surface area (Å²) in [6.45, 7) is 2.63. The van der Waals surface area contributed by atoms with Gasteiger partial charge in [0.25, 0.3) is 0 Å². The maximum absolute atomic E-state index is 12.6. The van der Waals surface area contributed by atoms with Gasteiger partial charge in [-0.25, -0.2) is 5.43 Å². The molecule has 2 amide bonds. The molecule has 28 heavy (non-hydrogen) atoms. The van der Waals surface area contributed by atoms with E-state index in [1.54, 1.807) is 29.2 Å². The number of phenolic OH excluding ortho intramolecular Hbond substituents is 1. The Morgan fingerprint density at radius 3 is 2.61 bits per heavy atom. The second-order valence-corrected chi connectivity index (χ2v) is 6.77. The molecule has 0 bridgehead atoms. The van der Waals surface area contributed by atoms with E-state index >= 15 is 0 Å². The number of phenols is 1. The van der Waals surface area contributed by atoms with Crippen molar-refractivity contribution in [2.45, 2.75) is 39.0 Å². The average molecular weight is 379 g/mol. The molecule has 1 heterocycles. The van der Waals surface area contributed by atoms with Gasteiger partial charge in [0.1, 0.15) is 5.75 Å². The van der Waals surface area contributed by atoms with Crippen LogP contribution in [0.15, 0.2) is 53.6 Å². The molecule has 1 aliphatic rings. The summed E-state index contributed by atoms with van der Waals surface area (Å²) in [5.41, 5.74) is 6.22. The van der Waals surface area contributed by atoms with Crippen molar-refractivity contribution in [3.05, 3.63) is 59.7 Å². The number of benzene rings is 2. The minimum atomic E-state index is -0.289. The smallest absolute Gasteiger partial charge is 0.240 e. The molecular formula is C22H25N3O3. The van der Waals surface area contributed by atoms with Crippen molar-refractivity contribution in [3.63, 3.8) is 0 Å². The number of hydrogen-bond donors (Lipinski definition) is 2. The first-order chi connectivity index (χ1) is 13.6. The molecule has 0 unspecified atom stereocenters. The van der Waals surface area contributed by atoms with Crippen LogP contribution in [0.25, 0.3) is 0 Å². The lowest BCUT2D eigenvalue weighted by Crippen LogP contribution is -2.36. The Kier molecular flexibility index (Phi) is 6.42. The summed E-state index contributed by atoms with van der Waals surface area (Å²) in [6.07, 6.45) is 2.79. The van der Waals surface area contributed by atoms with Gasteiger partial charge in [0.05, 0.1) is 5.71 Å².